The number of methoxy groups -OCH3 is 1. The number of carbonyl (C=O) groups is 2. The van der Waals surface area contributed by atoms with Crippen LogP contribution >= 0.6 is 0 Å². The zero-order valence-corrected chi connectivity index (χ0v) is 34.6. The number of alkyl halides is 2. The summed E-state index contributed by atoms with van der Waals surface area (Å²) in [4.78, 5) is 34.1. The predicted octanol–water partition coefficient (Wildman–Crippen LogP) is 8.71. The molecule has 12 nitrogen and oxygen atoms in total. The second-order valence-corrected chi connectivity index (χ2v) is 16.8. The van der Waals surface area contributed by atoms with Gasteiger partial charge < -0.3 is 29.5 Å². The summed E-state index contributed by atoms with van der Waals surface area (Å²) < 4.78 is 77.1. The van der Waals surface area contributed by atoms with E-state index in [4.69, 9.17) is 14.2 Å². The number of hydrogen-bond acceptors (Lipinski definition) is 10. The van der Waals surface area contributed by atoms with Crippen LogP contribution in [0.15, 0.2) is 79.1 Å². The molecule has 2 amide bonds. The fourth-order valence-electron chi connectivity index (χ4n) is 7.34. The molecular formula is C44H50F4N6O6. The minimum absolute atomic E-state index is 0.00876. The minimum Gasteiger partial charge on any atom is -0.494 e. The van der Waals surface area contributed by atoms with Crippen LogP contribution in [0.2, 0.25) is 0 Å². The molecule has 0 aliphatic carbocycles. The van der Waals surface area contributed by atoms with E-state index in [1.54, 1.807) is 71.9 Å². The number of benzene rings is 3. The highest BCUT2D eigenvalue weighted by Crippen LogP contribution is 2.38. The van der Waals surface area contributed by atoms with Crippen LogP contribution in [0.4, 0.5) is 38.7 Å². The minimum atomic E-state index is -3.04. The number of fused-ring (bicyclic) bond motifs is 1. The first-order valence-corrected chi connectivity index (χ1v) is 19.5. The van der Waals surface area contributed by atoms with Gasteiger partial charge in [0.15, 0.2) is 17.4 Å². The second-order valence-electron chi connectivity index (χ2n) is 16.8. The first-order chi connectivity index (χ1) is 28.3. The van der Waals surface area contributed by atoms with Crippen molar-refractivity contribution >= 4 is 29.2 Å². The fraction of sp³-hybridized carbons (Fsp3) is 0.409. The molecule has 0 radical (unpaired) electrons. The molecule has 6 rings (SSSR count). The summed E-state index contributed by atoms with van der Waals surface area (Å²) in [5.74, 6) is -1.88. The highest BCUT2D eigenvalue weighted by atomic mass is 19.3. The molecule has 0 unspecified atom stereocenters. The Kier molecular flexibility index (Phi) is 12.8. The van der Waals surface area contributed by atoms with Crippen molar-refractivity contribution < 1.29 is 46.5 Å². The molecule has 2 aromatic heterocycles. The number of nitrogens with zero attached hydrogens (tertiary/aromatic N) is 5. The summed E-state index contributed by atoms with van der Waals surface area (Å²) in [6.07, 6.45) is -5.13. The van der Waals surface area contributed by atoms with E-state index in [-0.39, 0.29) is 48.6 Å². The van der Waals surface area contributed by atoms with Crippen molar-refractivity contribution in [3.05, 3.63) is 108 Å². The van der Waals surface area contributed by atoms with Crippen LogP contribution in [0.25, 0.3) is 16.6 Å². The molecule has 0 spiro atoms. The van der Waals surface area contributed by atoms with Crippen LogP contribution in [0.1, 0.15) is 71.2 Å². The normalized spacial score (nSPS) is 16.5. The maximum Gasteiger partial charge on any atom is 0.425 e. The van der Waals surface area contributed by atoms with E-state index in [9.17, 15) is 23.5 Å². The van der Waals surface area contributed by atoms with Gasteiger partial charge in [-0.1, -0.05) is 36.4 Å². The van der Waals surface area contributed by atoms with E-state index in [2.05, 4.69) is 15.4 Å². The third-order valence-electron chi connectivity index (χ3n) is 10.0. The van der Waals surface area contributed by atoms with Gasteiger partial charge in [-0.25, -0.2) is 36.7 Å². The molecule has 0 saturated carbocycles. The van der Waals surface area contributed by atoms with Crippen LogP contribution in [-0.2, 0) is 22.4 Å². The SMILES string of the molecule is COc1cc(F)c(-c2ccc(N3CCC[C@](NCc4ccccc4)([C@H](O)C(F)F)C3)c(Cc3ccc4c(N(C(=O)OC(C)(C)C)C(=O)OC(C)(C)C)ncnn34)c2)cc1F. The smallest absolute Gasteiger partial charge is 0.425 e. The number of imide groups is 1. The van der Waals surface area contributed by atoms with Crippen LogP contribution in [0.5, 0.6) is 5.75 Å². The summed E-state index contributed by atoms with van der Waals surface area (Å²) >= 11 is 0. The van der Waals surface area contributed by atoms with Gasteiger partial charge in [-0.2, -0.15) is 10.00 Å². The Morgan fingerprint density at radius 1 is 0.933 bits per heavy atom. The summed E-state index contributed by atoms with van der Waals surface area (Å²) in [5.41, 5.74) is -0.297. The highest BCUT2D eigenvalue weighted by Gasteiger charge is 2.46. The number of halogens is 4. The molecule has 3 heterocycles. The van der Waals surface area contributed by atoms with Crippen LogP contribution in [0.3, 0.4) is 0 Å². The predicted molar refractivity (Wildman–Crippen MR) is 219 cm³/mol. The number of piperidine rings is 1. The summed E-state index contributed by atoms with van der Waals surface area (Å²) in [7, 11) is 1.24. The van der Waals surface area contributed by atoms with Crippen LogP contribution < -0.4 is 19.9 Å². The van der Waals surface area contributed by atoms with Crippen LogP contribution in [0, 0.1) is 11.6 Å². The summed E-state index contributed by atoms with van der Waals surface area (Å²) in [6, 6.07) is 19.6. The van der Waals surface area contributed by atoms with Crippen molar-refractivity contribution in [3.63, 3.8) is 0 Å². The molecule has 2 atom stereocenters. The summed E-state index contributed by atoms with van der Waals surface area (Å²) in [6.45, 7) is 10.6. The van der Waals surface area contributed by atoms with Crippen molar-refractivity contribution in [2.24, 2.45) is 0 Å². The van der Waals surface area contributed by atoms with Crippen molar-refractivity contribution in [2.45, 2.75) is 96.6 Å². The molecule has 1 aliphatic rings. The number of amides is 2. The van der Waals surface area contributed by atoms with Gasteiger partial charge in [0.2, 0.25) is 0 Å². The topological polar surface area (TPSA) is 131 Å². The molecule has 0 bridgehead atoms. The van der Waals surface area contributed by atoms with E-state index < -0.39 is 53.1 Å². The Morgan fingerprint density at radius 3 is 2.25 bits per heavy atom. The number of ether oxygens (including phenoxy) is 3. The van der Waals surface area contributed by atoms with E-state index in [1.165, 1.54) is 18.0 Å². The van der Waals surface area contributed by atoms with E-state index in [1.807, 2.05) is 35.2 Å². The Morgan fingerprint density at radius 2 is 1.62 bits per heavy atom. The average Bonchev–Trinajstić information content (AvgIpc) is 3.59. The number of rotatable bonds is 11. The van der Waals surface area contributed by atoms with E-state index >= 15 is 8.78 Å². The number of nitrogens with one attached hydrogen (secondary N) is 1. The molecule has 5 aromatic rings. The Labute approximate surface area is 346 Å². The van der Waals surface area contributed by atoms with Crippen molar-refractivity contribution in [1.29, 1.82) is 0 Å². The molecule has 1 fully saturated rings. The second kappa shape index (κ2) is 17.5. The monoisotopic (exact) mass is 834 g/mol. The van der Waals surface area contributed by atoms with Gasteiger partial charge in [-0.05, 0) is 101 Å². The lowest BCUT2D eigenvalue weighted by Crippen LogP contribution is -2.65. The molecule has 16 heteroatoms. The Balaban J connectivity index is 1.45. The molecular weight excluding hydrogens is 785 g/mol. The first-order valence-electron chi connectivity index (χ1n) is 19.5. The molecule has 2 N–H and O–H groups in total. The molecule has 320 valence electrons. The third kappa shape index (κ3) is 9.82. The average molecular weight is 835 g/mol. The van der Waals surface area contributed by atoms with Gasteiger partial charge >= 0.3 is 12.2 Å². The van der Waals surface area contributed by atoms with E-state index in [0.29, 0.717) is 40.4 Å². The molecule has 3 aromatic carbocycles. The number of aliphatic hydroxyl groups excluding tert-OH is 1. The van der Waals surface area contributed by atoms with Crippen molar-refractivity contribution in [1.82, 2.24) is 19.9 Å². The van der Waals surface area contributed by atoms with Gasteiger partial charge in [-0.15, -0.1) is 0 Å². The van der Waals surface area contributed by atoms with E-state index in [0.717, 1.165) is 17.7 Å². The maximum atomic E-state index is 15.6. The molecule has 60 heavy (non-hydrogen) atoms. The quantitative estimate of drug-likeness (QED) is 0.125. The maximum absolute atomic E-state index is 15.6. The van der Waals surface area contributed by atoms with Gasteiger partial charge in [-0.3, -0.25) is 0 Å². The Hall–Kier alpha value is -5.74. The zero-order valence-electron chi connectivity index (χ0n) is 34.6. The number of aliphatic hydroxyl groups is 1. The van der Waals surface area contributed by atoms with Crippen molar-refractivity contribution in [2.75, 3.05) is 30.0 Å². The van der Waals surface area contributed by atoms with Gasteiger partial charge in [0, 0.05) is 49.1 Å². The van der Waals surface area contributed by atoms with Crippen molar-refractivity contribution in [3.8, 4) is 16.9 Å². The molecule has 1 saturated heterocycles. The Bertz CT molecular complexity index is 2300. The van der Waals surface area contributed by atoms with Gasteiger partial charge in [0.05, 0.1) is 12.6 Å². The van der Waals surface area contributed by atoms with Crippen LogP contribution in [-0.4, -0.2) is 81.4 Å². The lowest BCUT2D eigenvalue weighted by Gasteiger charge is -2.47. The zero-order chi connectivity index (χ0) is 43.6. The number of carbonyl (C=O) groups excluding carboxylic acids is 2. The third-order valence-corrected chi connectivity index (χ3v) is 10.0. The fourth-order valence-corrected chi connectivity index (χ4v) is 7.34. The first kappa shape index (κ1) is 43.8. The largest absolute Gasteiger partial charge is 0.494 e. The lowest BCUT2D eigenvalue weighted by molar-refractivity contribution is -0.0657. The summed E-state index contributed by atoms with van der Waals surface area (Å²) in [5, 5.41) is 18.8. The lowest BCUT2D eigenvalue weighted by atomic mass is 9.82. The van der Waals surface area contributed by atoms with Gasteiger partial charge in [0.1, 0.15) is 35.0 Å². The number of aromatic nitrogens is 3. The molecule has 1 aliphatic heterocycles. The highest BCUT2D eigenvalue weighted by molar-refractivity contribution is 6.11. The number of anilines is 2. The standard InChI is InChI=1S/C44H50F4N6O6/c1-42(2,3)59-40(56)53(41(57)60-43(4,5)6)39-35-17-15-30(54(35)51-26-49-39)21-29-20-28(31-22-33(46)36(58-7)23-32(31)45)14-16-34(29)52-19-11-18-44(25-52,37(55)38(47)48)50-24-27-12-9-8-10-13-27/h8-10,12-17,20,22-23,26,37-38,50,55H,11,18-19,21,24-25H2,1-7H3/t37-,44-/m1/s1. The number of hydrogen-bond donors (Lipinski definition) is 2. The van der Waals surface area contributed by atoms with Gasteiger partial charge in [0.25, 0.3) is 6.43 Å².